The summed E-state index contributed by atoms with van der Waals surface area (Å²) in [6.07, 6.45) is 2.44. The molecule has 0 aliphatic carbocycles. The van der Waals surface area contributed by atoms with Gasteiger partial charge in [-0.1, -0.05) is 42.0 Å². The predicted molar refractivity (Wildman–Crippen MR) is 131 cm³/mol. The largest absolute Gasteiger partial charge is 0.513 e. The molecular formula is C27H26N2O5. The molecule has 0 radical (unpaired) electrons. The molecule has 7 heteroatoms. The molecule has 3 aromatic rings. The molecule has 2 amide bonds. The van der Waals surface area contributed by atoms with Gasteiger partial charge in [-0.25, -0.2) is 4.79 Å². The fraction of sp³-hybridized carbons (Fsp3) is 0.148. The van der Waals surface area contributed by atoms with Crippen molar-refractivity contribution in [2.24, 2.45) is 0 Å². The van der Waals surface area contributed by atoms with Gasteiger partial charge in [0.25, 0.3) is 5.91 Å². The summed E-state index contributed by atoms with van der Waals surface area (Å²) in [5, 5.41) is 5.65. The van der Waals surface area contributed by atoms with Crippen molar-refractivity contribution in [2.75, 3.05) is 11.9 Å². The molecule has 0 heterocycles. The van der Waals surface area contributed by atoms with Crippen LogP contribution in [0.4, 0.5) is 10.5 Å². The van der Waals surface area contributed by atoms with Crippen molar-refractivity contribution >= 4 is 29.7 Å². The van der Waals surface area contributed by atoms with Crippen LogP contribution in [0.2, 0.25) is 0 Å². The number of hydrogen-bond acceptors (Lipinski definition) is 5. The summed E-state index contributed by atoms with van der Waals surface area (Å²) in [6, 6.07) is 21.3. The molecule has 0 bridgehead atoms. The third-order valence-corrected chi connectivity index (χ3v) is 4.73. The fourth-order valence-corrected chi connectivity index (χ4v) is 2.99. The Bertz CT molecular complexity index is 1170. The Morgan fingerprint density at radius 2 is 1.68 bits per heavy atom. The molecular weight excluding hydrogens is 432 g/mol. The van der Waals surface area contributed by atoms with Gasteiger partial charge in [0.1, 0.15) is 5.75 Å². The number of nitrogens with one attached hydrogen (secondary N) is 2. The van der Waals surface area contributed by atoms with Gasteiger partial charge in [0, 0.05) is 23.9 Å². The van der Waals surface area contributed by atoms with E-state index < -0.39 is 6.16 Å². The molecule has 0 fully saturated rings. The molecule has 2 N–H and O–H groups in total. The average Bonchev–Trinajstić information content (AvgIpc) is 2.83. The van der Waals surface area contributed by atoms with E-state index in [1.165, 1.54) is 18.2 Å². The van der Waals surface area contributed by atoms with E-state index in [4.69, 9.17) is 9.47 Å². The number of amides is 2. The van der Waals surface area contributed by atoms with Crippen LogP contribution in [0.1, 0.15) is 34.0 Å². The van der Waals surface area contributed by atoms with Crippen LogP contribution in [0.3, 0.4) is 0 Å². The molecule has 0 saturated heterocycles. The summed E-state index contributed by atoms with van der Waals surface area (Å²) in [5.41, 5.74) is 3.98. The Kier molecular flexibility index (Phi) is 8.57. The number of ether oxygens (including phenoxy) is 2. The van der Waals surface area contributed by atoms with Gasteiger partial charge in [0.05, 0.1) is 6.61 Å². The number of carbonyl (C=O) groups is 3. The third kappa shape index (κ3) is 7.63. The lowest BCUT2D eigenvalue weighted by Gasteiger charge is -2.09. The lowest BCUT2D eigenvalue weighted by molar-refractivity contribution is -0.111. The van der Waals surface area contributed by atoms with Gasteiger partial charge in [0.15, 0.2) is 0 Å². The quantitative estimate of drug-likeness (QED) is 0.278. The van der Waals surface area contributed by atoms with Gasteiger partial charge in [-0.15, -0.1) is 0 Å². The Balaban J connectivity index is 1.51. The van der Waals surface area contributed by atoms with Crippen molar-refractivity contribution in [3.63, 3.8) is 0 Å². The van der Waals surface area contributed by atoms with E-state index in [-0.39, 0.29) is 30.7 Å². The number of rotatable bonds is 8. The van der Waals surface area contributed by atoms with E-state index in [9.17, 15) is 14.4 Å². The fourth-order valence-electron chi connectivity index (χ4n) is 2.99. The number of hydrogen-bond donors (Lipinski definition) is 2. The first-order chi connectivity index (χ1) is 16.4. The van der Waals surface area contributed by atoms with E-state index in [1.807, 2.05) is 43.3 Å². The summed E-state index contributed by atoms with van der Waals surface area (Å²) in [7, 11) is 0. The van der Waals surface area contributed by atoms with E-state index >= 15 is 0 Å². The number of benzene rings is 3. The van der Waals surface area contributed by atoms with Crippen LogP contribution in [0.25, 0.3) is 6.08 Å². The van der Waals surface area contributed by atoms with Crippen molar-refractivity contribution < 1.29 is 23.9 Å². The highest BCUT2D eigenvalue weighted by atomic mass is 16.7. The average molecular weight is 459 g/mol. The standard InChI is InChI=1S/C27H26N2O5/c1-3-33-27(32)34-24-14-12-22(13-15-24)26(31)28-18-21-5-4-6-23(17-21)29-25(30)16-11-20-9-7-19(2)8-10-20/h4-17H,3,18H2,1-2H3,(H,28,31)(H,29,30)/b16-11+. The number of aryl methyl sites for hydroxylation is 1. The lowest BCUT2D eigenvalue weighted by atomic mass is 10.1. The second-order valence-electron chi connectivity index (χ2n) is 7.43. The molecule has 174 valence electrons. The molecule has 3 aromatic carbocycles. The SMILES string of the molecule is CCOC(=O)Oc1ccc(C(=O)NCc2cccc(NC(=O)/C=C/c3ccc(C)cc3)c2)cc1. The van der Waals surface area contributed by atoms with Crippen molar-refractivity contribution in [3.05, 3.63) is 101 Å². The topological polar surface area (TPSA) is 93.7 Å². The van der Waals surface area contributed by atoms with E-state index in [2.05, 4.69) is 10.6 Å². The van der Waals surface area contributed by atoms with Gasteiger partial charge in [0.2, 0.25) is 5.91 Å². The zero-order valence-electron chi connectivity index (χ0n) is 19.0. The third-order valence-electron chi connectivity index (χ3n) is 4.73. The lowest BCUT2D eigenvalue weighted by Crippen LogP contribution is -2.22. The monoisotopic (exact) mass is 458 g/mol. The highest BCUT2D eigenvalue weighted by molar-refractivity contribution is 6.02. The second kappa shape index (κ2) is 12.0. The normalized spacial score (nSPS) is 10.5. The smallest absolute Gasteiger partial charge is 0.434 e. The molecule has 0 unspecified atom stereocenters. The maximum Gasteiger partial charge on any atom is 0.513 e. The maximum absolute atomic E-state index is 12.4. The number of anilines is 1. The summed E-state index contributed by atoms with van der Waals surface area (Å²) in [5.74, 6) is -0.236. The summed E-state index contributed by atoms with van der Waals surface area (Å²) in [4.78, 5) is 36.0. The molecule has 0 saturated carbocycles. The Morgan fingerprint density at radius 1 is 0.941 bits per heavy atom. The summed E-state index contributed by atoms with van der Waals surface area (Å²) < 4.78 is 9.69. The minimum Gasteiger partial charge on any atom is -0.434 e. The van der Waals surface area contributed by atoms with Gasteiger partial charge in [-0.2, -0.15) is 0 Å². The van der Waals surface area contributed by atoms with Crippen LogP contribution in [0.5, 0.6) is 5.75 Å². The van der Waals surface area contributed by atoms with Crippen molar-refractivity contribution in [1.82, 2.24) is 5.32 Å². The minimum atomic E-state index is -0.794. The van der Waals surface area contributed by atoms with Gasteiger partial charge >= 0.3 is 6.16 Å². The maximum atomic E-state index is 12.4. The molecule has 0 spiro atoms. The molecule has 34 heavy (non-hydrogen) atoms. The summed E-state index contributed by atoms with van der Waals surface area (Å²) in [6.45, 7) is 4.19. The van der Waals surface area contributed by atoms with Crippen LogP contribution in [-0.2, 0) is 16.1 Å². The highest BCUT2D eigenvalue weighted by Gasteiger charge is 2.09. The molecule has 7 nitrogen and oxygen atoms in total. The van der Waals surface area contributed by atoms with Gasteiger partial charge in [-0.05, 0) is 67.4 Å². The first-order valence-corrected chi connectivity index (χ1v) is 10.8. The summed E-state index contributed by atoms with van der Waals surface area (Å²) >= 11 is 0. The minimum absolute atomic E-state index is 0.217. The number of carbonyl (C=O) groups excluding carboxylic acids is 3. The Labute approximate surface area is 198 Å². The first kappa shape index (κ1) is 24.3. The van der Waals surface area contributed by atoms with Gasteiger partial charge in [-0.3, -0.25) is 9.59 Å². The van der Waals surface area contributed by atoms with Crippen molar-refractivity contribution in [3.8, 4) is 5.75 Å². The van der Waals surface area contributed by atoms with Gasteiger partial charge < -0.3 is 20.1 Å². The molecule has 0 aromatic heterocycles. The molecule has 3 rings (SSSR count). The zero-order valence-corrected chi connectivity index (χ0v) is 19.0. The van der Waals surface area contributed by atoms with Crippen molar-refractivity contribution in [2.45, 2.75) is 20.4 Å². The molecule has 0 aliphatic rings. The van der Waals surface area contributed by atoms with Crippen molar-refractivity contribution in [1.29, 1.82) is 0 Å². The zero-order chi connectivity index (χ0) is 24.3. The molecule has 0 aliphatic heterocycles. The van der Waals surface area contributed by atoms with Crippen LogP contribution >= 0.6 is 0 Å². The van der Waals surface area contributed by atoms with Crippen LogP contribution in [-0.4, -0.2) is 24.6 Å². The van der Waals surface area contributed by atoms with Crippen LogP contribution in [0, 0.1) is 6.92 Å². The Hall–Kier alpha value is -4.39. The predicted octanol–water partition coefficient (Wildman–Crippen LogP) is 5.11. The van der Waals surface area contributed by atoms with E-state index in [0.29, 0.717) is 11.3 Å². The van der Waals surface area contributed by atoms with E-state index in [1.54, 1.807) is 37.3 Å². The highest BCUT2D eigenvalue weighted by Crippen LogP contribution is 2.14. The Morgan fingerprint density at radius 3 is 2.38 bits per heavy atom. The van der Waals surface area contributed by atoms with Crippen LogP contribution in [0.15, 0.2) is 78.9 Å². The van der Waals surface area contributed by atoms with E-state index in [0.717, 1.165) is 16.7 Å². The second-order valence-corrected chi connectivity index (χ2v) is 7.43. The first-order valence-electron chi connectivity index (χ1n) is 10.8. The molecule has 0 atom stereocenters. The van der Waals surface area contributed by atoms with Crippen LogP contribution < -0.4 is 15.4 Å².